The van der Waals surface area contributed by atoms with Gasteiger partial charge in [-0.25, -0.2) is 0 Å². The first-order valence-corrected chi connectivity index (χ1v) is 17.3. The van der Waals surface area contributed by atoms with Crippen molar-refractivity contribution in [1.82, 2.24) is 5.32 Å². The van der Waals surface area contributed by atoms with E-state index < -0.39 is 8.80 Å². The van der Waals surface area contributed by atoms with E-state index in [1.165, 1.54) is 96.3 Å². The predicted octanol–water partition coefficient (Wildman–Crippen LogP) is 8.58. The van der Waals surface area contributed by atoms with Crippen LogP contribution < -0.4 is 5.32 Å². The molecule has 0 rings (SSSR count). The van der Waals surface area contributed by atoms with E-state index in [-0.39, 0.29) is 5.91 Å². The van der Waals surface area contributed by atoms with E-state index in [1.807, 2.05) is 20.8 Å². The monoisotopic (exact) mass is 515 g/mol. The smallest absolute Gasteiger partial charge is 0.374 e. The van der Waals surface area contributed by atoms with Gasteiger partial charge in [-0.1, -0.05) is 103 Å². The highest BCUT2D eigenvalue weighted by Crippen LogP contribution is 2.20. The van der Waals surface area contributed by atoms with Crippen molar-refractivity contribution in [2.45, 2.75) is 156 Å². The first-order chi connectivity index (χ1) is 17.1. The molecule has 1 N–H and O–H groups in total. The molecule has 0 bridgehead atoms. The predicted molar refractivity (Wildman–Crippen MR) is 152 cm³/mol. The van der Waals surface area contributed by atoms with Crippen molar-refractivity contribution >= 4 is 14.7 Å². The Hall–Kier alpha value is -0.433. The average Bonchev–Trinajstić information content (AvgIpc) is 2.84. The highest BCUT2D eigenvalue weighted by atomic mass is 28.4. The number of hydrogen-bond acceptors (Lipinski definition) is 4. The lowest BCUT2D eigenvalue weighted by Crippen LogP contribution is -2.45. The molecule has 0 heterocycles. The highest BCUT2D eigenvalue weighted by molar-refractivity contribution is 6.60. The molecule has 0 fully saturated rings. The van der Waals surface area contributed by atoms with Gasteiger partial charge in [-0.15, -0.1) is 0 Å². The molecule has 0 aromatic carbocycles. The Kier molecular flexibility index (Phi) is 26.3. The number of carbonyl (C=O) groups excluding carboxylic acids is 1. The van der Waals surface area contributed by atoms with Crippen molar-refractivity contribution in [3.05, 3.63) is 0 Å². The fourth-order valence-corrected chi connectivity index (χ4v) is 7.30. The molecule has 0 spiro atoms. The third kappa shape index (κ3) is 22.5. The van der Waals surface area contributed by atoms with Gasteiger partial charge in [-0.3, -0.25) is 4.79 Å². The van der Waals surface area contributed by atoms with E-state index in [1.54, 1.807) is 0 Å². The zero-order valence-electron chi connectivity index (χ0n) is 24.1. The van der Waals surface area contributed by atoms with E-state index in [0.717, 1.165) is 31.9 Å². The van der Waals surface area contributed by atoms with E-state index in [2.05, 4.69) is 12.2 Å². The lowest BCUT2D eigenvalue weighted by Gasteiger charge is -2.28. The fraction of sp³-hybridized carbons (Fsp3) is 0.966. The number of unbranched alkanes of at least 4 members (excludes halogenated alkanes) is 16. The molecule has 1 amide bonds. The molecule has 6 heteroatoms. The first kappa shape index (κ1) is 34.6. The van der Waals surface area contributed by atoms with Crippen LogP contribution in [0.25, 0.3) is 0 Å². The number of rotatable bonds is 28. The zero-order valence-corrected chi connectivity index (χ0v) is 25.1. The average molecular weight is 516 g/mol. The van der Waals surface area contributed by atoms with Crippen LogP contribution in [-0.4, -0.2) is 41.1 Å². The van der Waals surface area contributed by atoms with Gasteiger partial charge in [0.15, 0.2) is 0 Å². The molecule has 0 saturated heterocycles. The van der Waals surface area contributed by atoms with E-state index in [9.17, 15) is 4.79 Å². The summed E-state index contributed by atoms with van der Waals surface area (Å²) >= 11 is 0. The van der Waals surface area contributed by atoms with Crippen LogP contribution in [0.4, 0.5) is 0 Å². The number of nitrogens with one attached hydrogen (secondary N) is 1. The Labute approximate surface area is 220 Å². The van der Waals surface area contributed by atoms with Crippen LogP contribution in [0.3, 0.4) is 0 Å². The van der Waals surface area contributed by atoms with Crippen molar-refractivity contribution in [2.75, 3.05) is 26.4 Å². The van der Waals surface area contributed by atoms with Gasteiger partial charge in [0, 0.05) is 38.8 Å². The minimum Gasteiger partial charge on any atom is -0.374 e. The molecule has 0 aromatic heterocycles. The standard InChI is InChI=1S/C29H61NO4Si/c1-5-9-10-11-12-13-14-15-16-17-18-19-20-21-22-24-27-30-29(31)26-23-25-28-35(32-6-2,33-7-3)34-8-4/h5-28H2,1-4H3,(H,30,31). The Morgan fingerprint density at radius 2 is 0.943 bits per heavy atom. The van der Waals surface area contributed by atoms with E-state index >= 15 is 0 Å². The van der Waals surface area contributed by atoms with Crippen LogP contribution in [0.5, 0.6) is 0 Å². The Morgan fingerprint density at radius 1 is 0.543 bits per heavy atom. The van der Waals surface area contributed by atoms with Crippen LogP contribution in [0, 0.1) is 0 Å². The minimum atomic E-state index is -2.57. The molecule has 5 nitrogen and oxygen atoms in total. The summed E-state index contributed by atoms with van der Waals surface area (Å²) in [6.45, 7) is 10.8. The number of carbonyl (C=O) groups is 1. The summed E-state index contributed by atoms with van der Waals surface area (Å²) in [5.41, 5.74) is 0. The normalized spacial score (nSPS) is 11.8. The van der Waals surface area contributed by atoms with Gasteiger partial charge >= 0.3 is 8.80 Å². The molecular weight excluding hydrogens is 454 g/mol. The minimum absolute atomic E-state index is 0.169. The van der Waals surface area contributed by atoms with Crippen LogP contribution in [-0.2, 0) is 18.1 Å². The van der Waals surface area contributed by atoms with Crippen LogP contribution in [0.1, 0.15) is 150 Å². The molecule has 0 atom stereocenters. The van der Waals surface area contributed by atoms with Crippen molar-refractivity contribution in [1.29, 1.82) is 0 Å². The first-order valence-electron chi connectivity index (χ1n) is 15.3. The third-order valence-corrected chi connectivity index (χ3v) is 9.73. The molecule has 35 heavy (non-hydrogen) atoms. The van der Waals surface area contributed by atoms with Gasteiger partial charge in [0.05, 0.1) is 0 Å². The summed E-state index contributed by atoms with van der Waals surface area (Å²) in [6, 6.07) is 0.787. The molecule has 0 aromatic rings. The van der Waals surface area contributed by atoms with Crippen LogP contribution >= 0.6 is 0 Å². The van der Waals surface area contributed by atoms with Crippen molar-refractivity contribution in [3.63, 3.8) is 0 Å². The van der Waals surface area contributed by atoms with E-state index in [4.69, 9.17) is 13.3 Å². The van der Waals surface area contributed by atoms with Gasteiger partial charge in [-0.2, -0.15) is 0 Å². The van der Waals surface area contributed by atoms with Crippen LogP contribution in [0.15, 0.2) is 0 Å². The maximum absolute atomic E-state index is 12.1. The zero-order chi connectivity index (χ0) is 25.9. The maximum Gasteiger partial charge on any atom is 0.500 e. The largest absolute Gasteiger partial charge is 0.500 e. The summed E-state index contributed by atoms with van der Waals surface area (Å²) in [5, 5.41) is 3.08. The number of amides is 1. The Morgan fingerprint density at radius 3 is 1.34 bits per heavy atom. The molecule has 0 aliphatic carbocycles. The van der Waals surface area contributed by atoms with Crippen molar-refractivity contribution < 1.29 is 18.1 Å². The fourth-order valence-electron chi connectivity index (χ4n) is 4.62. The van der Waals surface area contributed by atoms with Gasteiger partial charge < -0.3 is 18.6 Å². The second kappa shape index (κ2) is 26.6. The molecule has 0 unspecified atom stereocenters. The topological polar surface area (TPSA) is 56.8 Å². The van der Waals surface area contributed by atoms with Crippen molar-refractivity contribution in [3.8, 4) is 0 Å². The SMILES string of the molecule is CCCCCCCCCCCCCCCCCCNC(=O)CCCC[Si](OCC)(OCC)OCC. The summed E-state index contributed by atoms with van der Waals surface area (Å²) in [4.78, 5) is 12.1. The summed E-state index contributed by atoms with van der Waals surface area (Å²) in [6.07, 6.45) is 24.3. The summed E-state index contributed by atoms with van der Waals surface area (Å²) < 4.78 is 17.6. The van der Waals surface area contributed by atoms with Crippen molar-refractivity contribution in [2.24, 2.45) is 0 Å². The molecule has 0 radical (unpaired) electrons. The summed E-state index contributed by atoms with van der Waals surface area (Å²) in [7, 11) is -2.57. The second-order valence-corrected chi connectivity index (χ2v) is 12.6. The summed E-state index contributed by atoms with van der Waals surface area (Å²) in [5.74, 6) is 0.169. The van der Waals surface area contributed by atoms with Gasteiger partial charge in [-0.05, 0) is 40.0 Å². The second-order valence-electron chi connectivity index (χ2n) is 9.84. The molecule has 0 aliphatic rings. The Bertz CT molecular complexity index is 433. The lowest BCUT2D eigenvalue weighted by atomic mass is 10.0. The van der Waals surface area contributed by atoms with Crippen LogP contribution in [0.2, 0.25) is 6.04 Å². The molecule has 0 saturated carbocycles. The highest BCUT2D eigenvalue weighted by Gasteiger charge is 2.39. The van der Waals surface area contributed by atoms with Gasteiger partial charge in [0.25, 0.3) is 0 Å². The van der Waals surface area contributed by atoms with Gasteiger partial charge in [0.1, 0.15) is 0 Å². The maximum atomic E-state index is 12.1. The molecular formula is C29H61NO4Si. The van der Waals surface area contributed by atoms with E-state index in [0.29, 0.717) is 26.2 Å². The molecule has 0 aliphatic heterocycles. The quantitative estimate of drug-likeness (QED) is 0.0837. The lowest BCUT2D eigenvalue weighted by molar-refractivity contribution is -0.121. The Balaban J connectivity index is 3.48. The van der Waals surface area contributed by atoms with Gasteiger partial charge in [0.2, 0.25) is 5.91 Å². The third-order valence-electron chi connectivity index (χ3n) is 6.58. The molecule has 210 valence electrons. The number of hydrogen-bond donors (Lipinski definition) is 1.